The van der Waals surface area contributed by atoms with Gasteiger partial charge in [0.2, 0.25) is 11.8 Å². The van der Waals surface area contributed by atoms with Crippen molar-refractivity contribution in [2.24, 2.45) is 17.3 Å². The third-order valence-corrected chi connectivity index (χ3v) is 7.97. The normalized spacial score (nSPS) is 30.0. The van der Waals surface area contributed by atoms with Gasteiger partial charge in [0.25, 0.3) is 0 Å². The van der Waals surface area contributed by atoms with Gasteiger partial charge in [0.15, 0.2) is 0 Å². The Balaban J connectivity index is 1.22. The van der Waals surface area contributed by atoms with Gasteiger partial charge in [-0.05, 0) is 73.5 Å². The zero-order chi connectivity index (χ0) is 22.6. The molecular formula is C24H27N5O4. The van der Waals surface area contributed by atoms with Crippen molar-refractivity contribution in [1.82, 2.24) is 20.0 Å². The Kier molecular flexibility index (Phi) is 4.57. The zero-order valence-electron chi connectivity index (χ0n) is 18.6. The molecule has 7 rings (SSSR count). The van der Waals surface area contributed by atoms with Crippen molar-refractivity contribution in [3.05, 3.63) is 64.1 Å². The van der Waals surface area contributed by atoms with Crippen LogP contribution in [0, 0.1) is 27.4 Å². The van der Waals surface area contributed by atoms with Crippen molar-refractivity contribution in [2.75, 3.05) is 7.11 Å². The van der Waals surface area contributed by atoms with Crippen LogP contribution >= 0.6 is 0 Å². The van der Waals surface area contributed by atoms with Gasteiger partial charge in [-0.1, -0.05) is 12.1 Å². The molecule has 33 heavy (non-hydrogen) atoms. The minimum atomic E-state index is -0.359. The Labute approximate surface area is 191 Å². The highest BCUT2D eigenvalue weighted by Crippen LogP contribution is 2.65. The first kappa shape index (κ1) is 20.4. The number of hydrogen-bond donors (Lipinski definition) is 0. The summed E-state index contributed by atoms with van der Waals surface area (Å²) in [6.45, 7) is 0. The van der Waals surface area contributed by atoms with Gasteiger partial charge in [-0.3, -0.25) is 14.8 Å². The lowest BCUT2D eigenvalue weighted by molar-refractivity contribution is -0.385. The SMILES string of the molecule is COc1ccc(Cc2nnc(CC34CC5CC(C3)CC(n3cc([N+](=O)[O-])cn3)(C5)C4)o2)cc1. The van der Waals surface area contributed by atoms with Crippen LogP contribution < -0.4 is 4.74 Å². The Morgan fingerprint density at radius 3 is 2.55 bits per heavy atom. The second-order valence-electron chi connectivity index (χ2n) is 10.4. The zero-order valence-corrected chi connectivity index (χ0v) is 18.6. The maximum absolute atomic E-state index is 11.2. The number of benzene rings is 1. The molecule has 3 aromatic rings. The van der Waals surface area contributed by atoms with Crippen molar-refractivity contribution < 1.29 is 14.1 Å². The topological polar surface area (TPSA) is 109 Å². The summed E-state index contributed by atoms with van der Waals surface area (Å²) in [5.41, 5.74) is 1.12. The predicted molar refractivity (Wildman–Crippen MR) is 118 cm³/mol. The molecule has 0 aliphatic heterocycles. The number of rotatable bonds is 7. The average Bonchev–Trinajstić information content (AvgIpc) is 3.43. The van der Waals surface area contributed by atoms with E-state index in [1.807, 2.05) is 28.9 Å². The van der Waals surface area contributed by atoms with Gasteiger partial charge in [-0.2, -0.15) is 5.10 Å². The third kappa shape index (κ3) is 3.59. The van der Waals surface area contributed by atoms with E-state index >= 15 is 0 Å². The number of hydrogen-bond acceptors (Lipinski definition) is 7. The van der Waals surface area contributed by atoms with Crippen LogP contribution in [-0.4, -0.2) is 32.0 Å². The van der Waals surface area contributed by atoms with E-state index in [2.05, 4.69) is 15.3 Å². The lowest BCUT2D eigenvalue weighted by Gasteiger charge is -2.61. The molecular weight excluding hydrogens is 422 g/mol. The lowest BCUT2D eigenvalue weighted by atomic mass is 9.46. The highest BCUT2D eigenvalue weighted by Gasteiger charge is 2.59. The first-order valence-electron chi connectivity index (χ1n) is 11.6. The van der Waals surface area contributed by atoms with Crippen LogP contribution in [0.4, 0.5) is 5.69 Å². The fraction of sp³-hybridized carbons (Fsp3) is 0.542. The summed E-state index contributed by atoms with van der Waals surface area (Å²) < 4.78 is 13.2. The van der Waals surface area contributed by atoms with Gasteiger partial charge >= 0.3 is 5.69 Å². The highest BCUT2D eigenvalue weighted by molar-refractivity contribution is 5.28. The van der Waals surface area contributed by atoms with E-state index in [0.717, 1.165) is 49.8 Å². The quantitative estimate of drug-likeness (QED) is 0.390. The molecule has 4 bridgehead atoms. The average molecular weight is 450 g/mol. The summed E-state index contributed by atoms with van der Waals surface area (Å²) >= 11 is 0. The summed E-state index contributed by atoms with van der Waals surface area (Å²) in [5.74, 6) is 3.38. The van der Waals surface area contributed by atoms with Crippen LogP contribution in [0.2, 0.25) is 0 Å². The fourth-order valence-corrected chi connectivity index (χ4v) is 7.21. The van der Waals surface area contributed by atoms with Gasteiger partial charge < -0.3 is 9.15 Å². The maximum atomic E-state index is 11.2. The van der Waals surface area contributed by atoms with Gasteiger partial charge in [0.1, 0.15) is 18.1 Å². The third-order valence-electron chi connectivity index (χ3n) is 7.97. The van der Waals surface area contributed by atoms with Crippen molar-refractivity contribution >= 4 is 5.69 Å². The Morgan fingerprint density at radius 1 is 1.15 bits per heavy atom. The molecule has 0 saturated heterocycles. The summed E-state index contributed by atoms with van der Waals surface area (Å²) in [7, 11) is 1.65. The molecule has 9 nitrogen and oxygen atoms in total. The van der Waals surface area contributed by atoms with Crippen molar-refractivity contribution in [1.29, 1.82) is 0 Å². The van der Waals surface area contributed by atoms with Crippen LogP contribution in [-0.2, 0) is 18.4 Å². The van der Waals surface area contributed by atoms with Crippen molar-refractivity contribution in [2.45, 2.75) is 56.9 Å². The summed E-state index contributed by atoms with van der Waals surface area (Å²) in [4.78, 5) is 10.9. The van der Waals surface area contributed by atoms with Crippen LogP contribution in [0.3, 0.4) is 0 Å². The first-order chi connectivity index (χ1) is 15.9. The molecule has 4 aliphatic rings. The van der Waals surface area contributed by atoms with E-state index in [0.29, 0.717) is 30.0 Å². The molecule has 0 N–H and O–H groups in total. The van der Waals surface area contributed by atoms with Crippen LogP contribution in [0.25, 0.3) is 0 Å². The standard InChI is InChI=1S/C24H27N5O4/c1-32-20-4-2-16(3-5-20)7-21-26-27-22(33-21)12-23-8-17-6-18(9-23)11-24(10-17,15-23)28-14-19(13-25-28)29(30)31/h2-5,13-14,17-18H,6-12,15H2,1H3. The van der Waals surface area contributed by atoms with Gasteiger partial charge in [-0.25, -0.2) is 0 Å². The smallest absolute Gasteiger partial charge is 0.307 e. The second-order valence-corrected chi connectivity index (χ2v) is 10.4. The Hall–Kier alpha value is -3.23. The molecule has 2 unspecified atom stereocenters. The molecule has 1 aromatic carbocycles. The molecule has 4 fully saturated rings. The van der Waals surface area contributed by atoms with Gasteiger partial charge in [0, 0.05) is 6.42 Å². The molecule has 4 aliphatic carbocycles. The van der Waals surface area contributed by atoms with E-state index in [-0.39, 0.29) is 21.6 Å². The molecule has 2 heterocycles. The summed E-state index contributed by atoms with van der Waals surface area (Å²) in [5, 5.41) is 24.4. The van der Waals surface area contributed by atoms with Crippen LogP contribution in [0.15, 0.2) is 41.1 Å². The Bertz CT molecular complexity index is 1170. The molecule has 2 aromatic heterocycles. The predicted octanol–water partition coefficient (Wildman–Crippen LogP) is 4.31. The van der Waals surface area contributed by atoms with Gasteiger partial charge in [0.05, 0.1) is 24.0 Å². The van der Waals surface area contributed by atoms with Crippen molar-refractivity contribution in [3.63, 3.8) is 0 Å². The fourth-order valence-electron chi connectivity index (χ4n) is 7.21. The van der Waals surface area contributed by atoms with E-state index in [9.17, 15) is 10.1 Å². The highest BCUT2D eigenvalue weighted by atomic mass is 16.6. The molecule has 2 atom stereocenters. The number of nitro groups is 1. The van der Waals surface area contributed by atoms with E-state index in [1.54, 1.807) is 13.3 Å². The van der Waals surface area contributed by atoms with E-state index in [4.69, 9.17) is 9.15 Å². The number of aromatic nitrogens is 4. The van der Waals surface area contributed by atoms with Crippen LogP contribution in [0.5, 0.6) is 5.75 Å². The number of ether oxygens (including phenoxy) is 1. The molecule has 0 spiro atoms. The number of nitrogens with zero attached hydrogens (tertiary/aromatic N) is 5. The lowest BCUT2D eigenvalue weighted by Crippen LogP contribution is -2.57. The maximum Gasteiger partial charge on any atom is 0.307 e. The molecule has 0 radical (unpaired) electrons. The summed E-state index contributed by atoms with van der Waals surface area (Å²) in [6, 6.07) is 7.88. The molecule has 9 heteroatoms. The van der Waals surface area contributed by atoms with Crippen molar-refractivity contribution in [3.8, 4) is 5.75 Å². The minimum absolute atomic E-state index is 0.0693. The van der Waals surface area contributed by atoms with E-state index < -0.39 is 0 Å². The molecule has 172 valence electrons. The Morgan fingerprint density at radius 2 is 1.88 bits per heavy atom. The van der Waals surface area contributed by atoms with E-state index in [1.165, 1.54) is 12.6 Å². The number of methoxy groups -OCH3 is 1. The summed E-state index contributed by atoms with van der Waals surface area (Å²) in [6.07, 6.45) is 11.0. The first-order valence-corrected chi connectivity index (χ1v) is 11.6. The molecule has 4 saturated carbocycles. The molecule has 0 amide bonds. The van der Waals surface area contributed by atoms with Gasteiger partial charge in [-0.15, -0.1) is 10.2 Å². The minimum Gasteiger partial charge on any atom is -0.497 e. The largest absolute Gasteiger partial charge is 0.497 e. The van der Waals surface area contributed by atoms with Crippen LogP contribution in [0.1, 0.15) is 55.9 Å². The monoisotopic (exact) mass is 449 g/mol. The second kappa shape index (κ2) is 7.40.